The molecule has 1 aliphatic rings. The second kappa shape index (κ2) is 6.83. The standard InChI is InChI=1S/C17H27N5O/c1-12(2)10-22(13-7-5-4-6-8-13)11-15-19-16-14(17(23)20-15)9-18-21(16)3/h9,12-13H,4-8,10-11H2,1-3H3,(H,19,20,23). The topological polar surface area (TPSA) is 66.8 Å². The van der Waals surface area contributed by atoms with Crippen molar-refractivity contribution in [1.29, 1.82) is 0 Å². The fraction of sp³-hybridized carbons (Fsp3) is 0.706. The highest BCUT2D eigenvalue weighted by molar-refractivity contribution is 5.72. The molecule has 2 heterocycles. The van der Waals surface area contributed by atoms with E-state index in [1.807, 2.05) is 7.05 Å². The summed E-state index contributed by atoms with van der Waals surface area (Å²) in [6.07, 6.45) is 8.06. The first-order valence-corrected chi connectivity index (χ1v) is 8.69. The molecule has 0 amide bonds. The van der Waals surface area contributed by atoms with Gasteiger partial charge in [-0.1, -0.05) is 33.1 Å². The van der Waals surface area contributed by atoms with E-state index < -0.39 is 0 Å². The van der Waals surface area contributed by atoms with Gasteiger partial charge in [-0.15, -0.1) is 0 Å². The second-order valence-corrected chi connectivity index (χ2v) is 7.13. The Labute approximate surface area is 136 Å². The molecule has 1 aliphatic carbocycles. The molecule has 1 N–H and O–H groups in total. The van der Waals surface area contributed by atoms with E-state index in [0.29, 0.717) is 29.5 Å². The third-order valence-electron chi connectivity index (χ3n) is 4.69. The van der Waals surface area contributed by atoms with Crippen LogP contribution in [0.15, 0.2) is 11.0 Å². The van der Waals surface area contributed by atoms with Crippen molar-refractivity contribution in [2.45, 2.75) is 58.5 Å². The lowest BCUT2D eigenvalue weighted by molar-refractivity contribution is 0.129. The number of hydrogen-bond donors (Lipinski definition) is 1. The molecule has 2 aromatic heterocycles. The molecule has 23 heavy (non-hydrogen) atoms. The van der Waals surface area contributed by atoms with Crippen molar-refractivity contribution in [2.24, 2.45) is 13.0 Å². The maximum absolute atomic E-state index is 12.2. The number of rotatable bonds is 5. The summed E-state index contributed by atoms with van der Waals surface area (Å²) in [5.74, 6) is 1.35. The van der Waals surface area contributed by atoms with Gasteiger partial charge in [0.25, 0.3) is 5.56 Å². The summed E-state index contributed by atoms with van der Waals surface area (Å²) in [7, 11) is 1.82. The number of aryl methyl sites for hydroxylation is 1. The van der Waals surface area contributed by atoms with Gasteiger partial charge in [0.05, 0.1) is 12.7 Å². The van der Waals surface area contributed by atoms with Crippen molar-refractivity contribution in [3.8, 4) is 0 Å². The van der Waals surface area contributed by atoms with Crippen LogP contribution in [0.2, 0.25) is 0 Å². The molecule has 126 valence electrons. The first kappa shape index (κ1) is 16.2. The van der Waals surface area contributed by atoms with Crippen LogP contribution in [0, 0.1) is 5.92 Å². The average molecular weight is 317 g/mol. The molecule has 0 atom stereocenters. The highest BCUT2D eigenvalue weighted by Crippen LogP contribution is 2.24. The summed E-state index contributed by atoms with van der Waals surface area (Å²) < 4.78 is 1.67. The molecule has 0 aliphatic heterocycles. The van der Waals surface area contributed by atoms with E-state index in [1.54, 1.807) is 10.9 Å². The van der Waals surface area contributed by atoms with Gasteiger partial charge in [-0.25, -0.2) is 4.98 Å². The van der Waals surface area contributed by atoms with Gasteiger partial charge in [0, 0.05) is 19.6 Å². The Morgan fingerprint density at radius 1 is 1.35 bits per heavy atom. The Kier molecular flexibility index (Phi) is 4.80. The number of H-pyrrole nitrogens is 1. The van der Waals surface area contributed by atoms with Crippen LogP contribution in [0.4, 0.5) is 0 Å². The van der Waals surface area contributed by atoms with Crippen molar-refractivity contribution in [3.05, 3.63) is 22.4 Å². The highest BCUT2D eigenvalue weighted by atomic mass is 16.1. The summed E-state index contributed by atoms with van der Waals surface area (Å²) in [6.45, 7) is 6.24. The van der Waals surface area contributed by atoms with Crippen LogP contribution in [0.25, 0.3) is 11.0 Å². The summed E-state index contributed by atoms with van der Waals surface area (Å²) >= 11 is 0. The van der Waals surface area contributed by atoms with Gasteiger partial charge in [0.2, 0.25) is 0 Å². The molecule has 0 spiro atoms. The maximum atomic E-state index is 12.2. The quantitative estimate of drug-likeness (QED) is 0.920. The molecule has 0 aromatic carbocycles. The second-order valence-electron chi connectivity index (χ2n) is 7.13. The van der Waals surface area contributed by atoms with E-state index in [9.17, 15) is 4.79 Å². The van der Waals surface area contributed by atoms with Crippen LogP contribution < -0.4 is 5.56 Å². The zero-order chi connectivity index (χ0) is 16.4. The molecule has 0 saturated heterocycles. The predicted molar refractivity (Wildman–Crippen MR) is 91.3 cm³/mol. The van der Waals surface area contributed by atoms with Gasteiger partial charge < -0.3 is 4.98 Å². The van der Waals surface area contributed by atoms with Gasteiger partial charge in [-0.05, 0) is 18.8 Å². The van der Waals surface area contributed by atoms with E-state index in [0.717, 1.165) is 12.4 Å². The lowest BCUT2D eigenvalue weighted by Crippen LogP contribution is -2.39. The zero-order valence-corrected chi connectivity index (χ0v) is 14.4. The molecule has 2 aromatic rings. The molecular weight excluding hydrogens is 290 g/mol. The van der Waals surface area contributed by atoms with E-state index in [2.05, 4.69) is 33.8 Å². The Hall–Kier alpha value is -1.69. The van der Waals surface area contributed by atoms with Crippen molar-refractivity contribution in [3.63, 3.8) is 0 Å². The smallest absolute Gasteiger partial charge is 0.262 e. The third-order valence-corrected chi connectivity index (χ3v) is 4.69. The molecule has 1 saturated carbocycles. The van der Waals surface area contributed by atoms with Gasteiger partial charge in [0.15, 0.2) is 5.65 Å². The number of aromatic nitrogens is 4. The molecule has 0 radical (unpaired) electrons. The van der Waals surface area contributed by atoms with Gasteiger partial charge in [-0.2, -0.15) is 5.10 Å². The minimum atomic E-state index is -0.0914. The van der Waals surface area contributed by atoms with E-state index in [-0.39, 0.29) is 5.56 Å². The van der Waals surface area contributed by atoms with Crippen LogP contribution in [-0.2, 0) is 13.6 Å². The lowest BCUT2D eigenvalue weighted by Gasteiger charge is -2.35. The predicted octanol–water partition coefficient (Wildman–Crippen LogP) is 2.45. The van der Waals surface area contributed by atoms with Crippen LogP contribution in [0.1, 0.15) is 51.8 Å². The normalized spacial score (nSPS) is 16.7. The molecule has 6 heteroatoms. The monoisotopic (exact) mass is 317 g/mol. The summed E-state index contributed by atoms with van der Waals surface area (Å²) in [4.78, 5) is 22.3. The maximum Gasteiger partial charge on any atom is 0.262 e. The number of aromatic amines is 1. The molecule has 0 bridgehead atoms. The number of hydrogen-bond acceptors (Lipinski definition) is 4. The van der Waals surface area contributed by atoms with Gasteiger partial charge in [0.1, 0.15) is 11.2 Å². The first-order valence-electron chi connectivity index (χ1n) is 8.69. The minimum Gasteiger partial charge on any atom is -0.309 e. The summed E-state index contributed by atoms with van der Waals surface area (Å²) in [5, 5.41) is 4.70. The van der Waals surface area contributed by atoms with Crippen LogP contribution in [0.5, 0.6) is 0 Å². The van der Waals surface area contributed by atoms with Crippen LogP contribution in [0.3, 0.4) is 0 Å². The minimum absolute atomic E-state index is 0.0914. The Balaban J connectivity index is 1.86. The zero-order valence-electron chi connectivity index (χ0n) is 14.4. The SMILES string of the molecule is CC(C)CN(Cc1nc2c(cnn2C)c(=O)[nH]1)C1CCCCC1. The number of fused-ring (bicyclic) bond motifs is 1. The molecule has 0 unspecified atom stereocenters. The van der Waals surface area contributed by atoms with Crippen molar-refractivity contribution in [1.82, 2.24) is 24.6 Å². The summed E-state index contributed by atoms with van der Waals surface area (Å²) in [6, 6.07) is 0.610. The van der Waals surface area contributed by atoms with Crippen molar-refractivity contribution in [2.75, 3.05) is 6.54 Å². The van der Waals surface area contributed by atoms with E-state index >= 15 is 0 Å². The van der Waals surface area contributed by atoms with Crippen LogP contribution in [-0.4, -0.2) is 37.2 Å². The average Bonchev–Trinajstić information content (AvgIpc) is 2.89. The fourth-order valence-corrected chi connectivity index (χ4v) is 3.60. The van der Waals surface area contributed by atoms with Crippen molar-refractivity contribution >= 4 is 11.0 Å². The van der Waals surface area contributed by atoms with E-state index in [4.69, 9.17) is 0 Å². The lowest BCUT2D eigenvalue weighted by atomic mass is 9.93. The first-order chi connectivity index (χ1) is 11.0. The highest BCUT2D eigenvalue weighted by Gasteiger charge is 2.23. The number of nitrogens with zero attached hydrogens (tertiary/aromatic N) is 4. The van der Waals surface area contributed by atoms with E-state index in [1.165, 1.54) is 32.1 Å². The summed E-state index contributed by atoms with van der Waals surface area (Å²) in [5.41, 5.74) is 0.572. The molecule has 3 rings (SSSR count). The Morgan fingerprint density at radius 3 is 2.78 bits per heavy atom. The Bertz CT molecular complexity index is 711. The largest absolute Gasteiger partial charge is 0.309 e. The molecule has 1 fully saturated rings. The van der Waals surface area contributed by atoms with Crippen LogP contribution >= 0.6 is 0 Å². The van der Waals surface area contributed by atoms with Gasteiger partial charge in [-0.3, -0.25) is 14.4 Å². The third kappa shape index (κ3) is 3.63. The fourth-order valence-electron chi connectivity index (χ4n) is 3.60. The molecule has 6 nitrogen and oxygen atoms in total. The van der Waals surface area contributed by atoms with Gasteiger partial charge >= 0.3 is 0 Å². The van der Waals surface area contributed by atoms with Crippen molar-refractivity contribution < 1.29 is 0 Å². The molecular formula is C17H27N5O. The Morgan fingerprint density at radius 2 is 2.09 bits per heavy atom. The number of nitrogens with one attached hydrogen (secondary N) is 1.